The summed E-state index contributed by atoms with van der Waals surface area (Å²) in [6.45, 7) is 5.14. The van der Waals surface area contributed by atoms with Gasteiger partial charge < -0.3 is 10.3 Å². The molecular weight excluding hydrogens is 236 g/mol. The SMILES string of the molecule is CCC(CCN)CCc1nnc(C)n1C1CCCC1. The Hall–Kier alpha value is -0.900. The highest BCUT2D eigenvalue weighted by Gasteiger charge is 2.22. The van der Waals surface area contributed by atoms with Crippen LogP contribution in [0, 0.1) is 12.8 Å². The minimum Gasteiger partial charge on any atom is -0.330 e. The predicted molar refractivity (Wildman–Crippen MR) is 78.0 cm³/mol. The lowest BCUT2D eigenvalue weighted by atomic mass is 9.96. The van der Waals surface area contributed by atoms with E-state index in [1.54, 1.807) is 0 Å². The molecule has 1 unspecified atom stereocenters. The summed E-state index contributed by atoms with van der Waals surface area (Å²) in [6, 6.07) is 0.652. The Morgan fingerprint density at radius 3 is 2.63 bits per heavy atom. The van der Waals surface area contributed by atoms with Crippen LogP contribution in [0.5, 0.6) is 0 Å². The number of aryl methyl sites for hydroxylation is 2. The van der Waals surface area contributed by atoms with Gasteiger partial charge in [0.25, 0.3) is 0 Å². The highest BCUT2D eigenvalue weighted by Crippen LogP contribution is 2.31. The van der Waals surface area contributed by atoms with Gasteiger partial charge in [-0.15, -0.1) is 10.2 Å². The molecule has 1 saturated carbocycles. The Kier molecular flexibility index (Phi) is 5.37. The minimum absolute atomic E-state index is 0.652. The first-order valence-electron chi connectivity index (χ1n) is 7.86. The molecule has 4 nitrogen and oxygen atoms in total. The highest BCUT2D eigenvalue weighted by atomic mass is 15.3. The van der Waals surface area contributed by atoms with E-state index in [4.69, 9.17) is 5.73 Å². The molecule has 19 heavy (non-hydrogen) atoms. The summed E-state index contributed by atoms with van der Waals surface area (Å²) in [7, 11) is 0. The van der Waals surface area contributed by atoms with Crippen LogP contribution in [0.15, 0.2) is 0 Å². The Balaban J connectivity index is 1.99. The van der Waals surface area contributed by atoms with Crippen LogP contribution < -0.4 is 5.73 Å². The third kappa shape index (κ3) is 3.56. The molecule has 108 valence electrons. The molecule has 0 spiro atoms. The molecule has 1 atom stereocenters. The molecule has 4 heteroatoms. The molecule has 0 aliphatic heterocycles. The topological polar surface area (TPSA) is 56.7 Å². The summed E-state index contributed by atoms with van der Waals surface area (Å²) in [5.74, 6) is 3.02. The molecule has 1 heterocycles. The zero-order valence-electron chi connectivity index (χ0n) is 12.4. The largest absolute Gasteiger partial charge is 0.330 e. The van der Waals surface area contributed by atoms with Crippen LogP contribution in [-0.2, 0) is 6.42 Å². The van der Waals surface area contributed by atoms with E-state index in [0.29, 0.717) is 6.04 Å². The number of hydrogen-bond acceptors (Lipinski definition) is 3. The van der Waals surface area contributed by atoms with Crippen LogP contribution in [0.3, 0.4) is 0 Å². The van der Waals surface area contributed by atoms with Gasteiger partial charge in [0.15, 0.2) is 0 Å². The Morgan fingerprint density at radius 2 is 2.00 bits per heavy atom. The van der Waals surface area contributed by atoms with Gasteiger partial charge >= 0.3 is 0 Å². The zero-order valence-corrected chi connectivity index (χ0v) is 12.4. The second-order valence-corrected chi connectivity index (χ2v) is 5.86. The van der Waals surface area contributed by atoms with Gasteiger partial charge in [-0.2, -0.15) is 0 Å². The average Bonchev–Trinajstić information content (AvgIpc) is 3.03. The average molecular weight is 264 g/mol. The Bertz CT molecular complexity index is 379. The van der Waals surface area contributed by atoms with E-state index in [1.807, 2.05) is 0 Å². The standard InChI is InChI=1S/C15H28N4/c1-3-13(10-11-16)8-9-15-18-17-12(2)19(15)14-6-4-5-7-14/h13-14H,3-11,16H2,1-2H3. The fraction of sp³-hybridized carbons (Fsp3) is 0.867. The van der Waals surface area contributed by atoms with E-state index in [0.717, 1.165) is 31.1 Å². The van der Waals surface area contributed by atoms with Gasteiger partial charge in [-0.1, -0.05) is 26.2 Å². The summed E-state index contributed by atoms with van der Waals surface area (Å²) in [5, 5.41) is 8.71. The molecular formula is C15H28N4. The molecule has 0 saturated heterocycles. The number of nitrogens with zero attached hydrogens (tertiary/aromatic N) is 3. The molecule has 0 radical (unpaired) electrons. The summed E-state index contributed by atoms with van der Waals surface area (Å²) < 4.78 is 2.40. The predicted octanol–water partition coefficient (Wildman–Crippen LogP) is 3.01. The van der Waals surface area contributed by atoms with Crippen molar-refractivity contribution in [1.82, 2.24) is 14.8 Å². The van der Waals surface area contributed by atoms with Crippen LogP contribution in [0.2, 0.25) is 0 Å². The highest BCUT2D eigenvalue weighted by molar-refractivity contribution is 4.99. The Morgan fingerprint density at radius 1 is 1.26 bits per heavy atom. The smallest absolute Gasteiger partial charge is 0.133 e. The second-order valence-electron chi connectivity index (χ2n) is 5.86. The molecule has 0 aromatic carbocycles. The first kappa shape index (κ1) is 14.5. The third-order valence-corrected chi connectivity index (χ3v) is 4.56. The molecule has 0 amide bonds. The van der Waals surface area contributed by atoms with Gasteiger partial charge in [-0.3, -0.25) is 0 Å². The van der Waals surface area contributed by atoms with Crippen molar-refractivity contribution in [3.05, 3.63) is 11.6 Å². The first-order valence-corrected chi connectivity index (χ1v) is 7.86. The van der Waals surface area contributed by atoms with Gasteiger partial charge in [0.05, 0.1) is 0 Å². The number of rotatable bonds is 7. The second kappa shape index (κ2) is 7.04. The fourth-order valence-electron chi connectivity index (χ4n) is 3.34. The van der Waals surface area contributed by atoms with Crippen LogP contribution in [0.1, 0.15) is 69.6 Å². The number of hydrogen-bond donors (Lipinski definition) is 1. The molecule has 2 N–H and O–H groups in total. The van der Waals surface area contributed by atoms with Crippen molar-refractivity contribution in [3.8, 4) is 0 Å². The van der Waals surface area contributed by atoms with Crippen LogP contribution in [-0.4, -0.2) is 21.3 Å². The lowest BCUT2D eigenvalue weighted by Gasteiger charge is -2.17. The monoisotopic (exact) mass is 264 g/mol. The lowest BCUT2D eigenvalue weighted by molar-refractivity contribution is 0.422. The minimum atomic E-state index is 0.652. The Labute approximate surface area is 116 Å². The quantitative estimate of drug-likeness (QED) is 0.823. The van der Waals surface area contributed by atoms with E-state index in [-0.39, 0.29) is 0 Å². The van der Waals surface area contributed by atoms with Crippen LogP contribution >= 0.6 is 0 Å². The zero-order chi connectivity index (χ0) is 13.7. The van der Waals surface area contributed by atoms with Crippen LogP contribution in [0.25, 0.3) is 0 Å². The van der Waals surface area contributed by atoms with Gasteiger partial charge in [-0.25, -0.2) is 0 Å². The normalized spacial score (nSPS) is 18.1. The summed E-state index contributed by atoms with van der Waals surface area (Å²) in [6.07, 6.45) is 9.89. The maximum absolute atomic E-state index is 5.67. The lowest BCUT2D eigenvalue weighted by Crippen LogP contribution is -2.14. The van der Waals surface area contributed by atoms with Crippen molar-refractivity contribution in [3.63, 3.8) is 0 Å². The van der Waals surface area contributed by atoms with E-state index in [1.165, 1.54) is 44.3 Å². The van der Waals surface area contributed by atoms with E-state index >= 15 is 0 Å². The van der Waals surface area contributed by atoms with Crippen LogP contribution in [0.4, 0.5) is 0 Å². The van der Waals surface area contributed by atoms with Crippen molar-refractivity contribution in [1.29, 1.82) is 0 Å². The number of aromatic nitrogens is 3. The summed E-state index contributed by atoms with van der Waals surface area (Å²) in [4.78, 5) is 0. The van der Waals surface area contributed by atoms with Gasteiger partial charge in [0.1, 0.15) is 11.6 Å². The number of nitrogens with two attached hydrogens (primary N) is 1. The van der Waals surface area contributed by atoms with E-state index in [9.17, 15) is 0 Å². The molecule has 1 aromatic heterocycles. The molecule has 2 rings (SSSR count). The summed E-state index contributed by atoms with van der Waals surface area (Å²) in [5.41, 5.74) is 5.67. The summed E-state index contributed by atoms with van der Waals surface area (Å²) >= 11 is 0. The molecule has 1 aliphatic rings. The maximum Gasteiger partial charge on any atom is 0.133 e. The van der Waals surface area contributed by atoms with Gasteiger partial charge in [0.2, 0.25) is 0 Å². The molecule has 1 fully saturated rings. The van der Waals surface area contributed by atoms with Gasteiger partial charge in [-0.05, 0) is 45.1 Å². The fourth-order valence-corrected chi connectivity index (χ4v) is 3.34. The van der Waals surface area contributed by atoms with Crippen molar-refractivity contribution in [2.45, 2.75) is 71.3 Å². The van der Waals surface area contributed by atoms with Crippen molar-refractivity contribution in [2.24, 2.45) is 11.7 Å². The van der Waals surface area contributed by atoms with Crippen molar-refractivity contribution < 1.29 is 0 Å². The molecule has 0 bridgehead atoms. The van der Waals surface area contributed by atoms with E-state index < -0.39 is 0 Å². The first-order chi connectivity index (χ1) is 9.26. The van der Waals surface area contributed by atoms with Crippen molar-refractivity contribution in [2.75, 3.05) is 6.54 Å². The van der Waals surface area contributed by atoms with Gasteiger partial charge in [0, 0.05) is 12.5 Å². The molecule has 1 aromatic rings. The molecule has 1 aliphatic carbocycles. The maximum atomic E-state index is 5.67. The van der Waals surface area contributed by atoms with Crippen molar-refractivity contribution >= 4 is 0 Å². The third-order valence-electron chi connectivity index (χ3n) is 4.56. The van der Waals surface area contributed by atoms with E-state index in [2.05, 4.69) is 28.6 Å².